The first-order chi connectivity index (χ1) is 26.0. The van der Waals surface area contributed by atoms with Gasteiger partial charge in [0, 0.05) is 64.9 Å². The highest BCUT2D eigenvalue weighted by atomic mass is 32.1. The van der Waals surface area contributed by atoms with Crippen molar-refractivity contribution in [2.45, 2.75) is 19.3 Å². The Morgan fingerprint density at radius 1 is 0.509 bits per heavy atom. The fourth-order valence-electron chi connectivity index (χ4n) is 8.46. The third-order valence-electron chi connectivity index (χ3n) is 10.9. The lowest BCUT2D eigenvalue weighted by atomic mass is 9.80. The summed E-state index contributed by atoms with van der Waals surface area (Å²) >= 11 is 1.82. The molecular weight excluding hydrogens is 667 g/mol. The number of pyridine rings is 1. The molecule has 0 fully saturated rings. The van der Waals surface area contributed by atoms with E-state index in [1.165, 1.54) is 47.8 Å². The predicted molar refractivity (Wildman–Crippen MR) is 219 cm³/mol. The van der Waals surface area contributed by atoms with Crippen molar-refractivity contribution in [2.75, 3.05) is 0 Å². The fraction of sp³-hybridized carbons (Fsp3) is 0.0638. The van der Waals surface area contributed by atoms with Crippen LogP contribution in [0.3, 0.4) is 0 Å². The smallest absolute Gasteiger partial charge is 0.164 e. The second-order valence-electron chi connectivity index (χ2n) is 14.3. The summed E-state index contributed by atoms with van der Waals surface area (Å²) in [5, 5.41) is 4.83. The summed E-state index contributed by atoms with van der Waals surface area (Å²) in [5.74, 6) is 2.00. The SMILES string of the molecule is CC1(C)c2cc(-n3c4ccccc4c4cccnc43)ccc2-c2cccc(-c3nc(-c4ccccc4)nc(-c4ccc5sc6ccccc6c5c4)n3)c21. The lowest BCUT2D eigenvalue weighted by molar-refractivity contribution is 0.660. The van der Waals surface area contributed by atoms with Crippen molar-refractivity contribution in [1.29, 1.82) is 0 Å². The summed E-state index contributed by atoms with van der Waals surface area (Å²) in [4.78, 5) is 20.4. The molecule has 4 heterocycles. The standard InChI is InChI=1S/C47H31N5S/c1-47(2)38-27-30(52-39-19-8-6-14-32(39)35-18-11-25-48-46(35)52)22-23-31(38)34-16-10-17-36(42(34)47)45-50-43(28-12-4-3-5-13-28)49-44(51-45)29-21-24-41-37(26-29)33-15-7-9-20-40(33)53-41/h3-27H,1-2H3. The minimum atomic E-state index is -0.336. The van der Waals surface area contributed by atoms with Crippen LogP contribution in [0.25, 0.3) is 93.1 Å². The number of thiophene rings is 1. The van der Waals surface area contributed by atoms with E-state index < -0.39 is 0 Å². The molecule has 53 heavy (non-hydrogen) atoms. The van der Waals surface area contributed by atoms with Crippen molar-refractivity contribution in [3.63, 3.8) is 0 Å². The van der Waals surface area contributed by atoms with E-state index in [2.05, 4.69) is 140 Å². The number of hydrogen-bond donors (Lipinski definition) is 0. The minimum Gasteiger partial charge on any atom is -0.294 e. The molecule has 0 aliphatic heterocycles. The molecule has 0 radical (unpaired) electrons. The molecule has 4 aromatic heterocycles. The third kappa shape index (κ3) is 4.49. The monoisotopic (exact) mass is 697 g/mol. The molecule has 5 nitrogen and oxygen atoms in total. The highest BCUT2D eigenvalue weighted by Crippen LogP contribution is 2.52. The summed E-state index contributed by atoms with van der Waals surface area (Å²) < 4.78 is 4.83. The van der Waals surface area contributed by atoms with Gasteiger partial charge in [0.05, 0.1) is 5.52 Å². The molecule has 0 unspecified atom stereocenters. The first-order valence-corrected chi connectivity index (χ1v) is 18.7. The van der Waals surface area contributed by atoms with E-state index >= 15 is 0 Å². The van der Waals surface area contributed by atoms with Crippen molar-refractivity contribution in [3.05, 3.63) is 163 Å². The molecule has 10 aromatic rings. The van der Waals surface area contributed by atoms with Gasteiger partial charge in [-0.2, -0.15) is 0 Å². The van der Waals surface area contributed by atoms with Crippen molar-refractivity contribution in [3.8, 4) is 51.0 Å². The summed E-state index contributed by atoms with van der Waals surface area (Å²) in [6.45, 7) is 4.65. The van der Waals surface area contributed by atoms with Crippen molar-refractivity contribution in [1.82, 2.24) is 24.5 Å². The van der Waals surface area contributed by atoms with Gasteiger partial charge in [0.2, 0.25) is 0 Å². The molecule has 6 heteroatoms. The first kappa shape index (κ1) is 30.2. The molecule has 0 bridgehead atoms. The molecule has 0 atom stereocenters. The maximum atomic E-state index is 5.27. The minimum absolute atomic E-state index is 0.336. The summed E-state index contributed by atoms with van der Waals surface area (Å²) in [6, 6.07) is 51.6. The average molecular weight is 698 g/mol. The molecule has 0 saturated heterocycles. The molecule has 0 spiro atoms. The zero-order valence-electron chi connectivity index (χ0n) is 29.1. The van der Waals surface area contributed by atoms with Gasteiger partial charge in [0.15, 0.2) is 17.5 Å². The molecule has 11 rings (SSSR count). The molecule has 250 valence electrons. The van der Waals surface area contributed by atoms with E-state index in [0.717, 1.165) is 38.9 Å². The van der Waals surface area contributed by atoms with Crippen LogP contribution in [0.5, 0.6) is 0 Å². The number of benzene rings is 6. The van der Waals surface area contributed by atoms with Crippen LogP contribution in [0.4, 0.5) is 0 Å². The zero-order chi connectivity index (χ0) is 35.3. The van der Waals surface area contributed by atoms with Crippen LogP contribution >= 0.6 is 11.3 Å². The number of nitrogens with zero attached hydrogens (tertiary/aromatic N) is 5. The van der Waals surface area contributed by atoms with E-state index in [-0.39, 0.29) is 5.41 Å². The van der Waals surface area contributed by atoms with Crippen LogP contribution in [0.2, 0.25) is 0 Å². The zero-order valence-corrected chi connectivity index (χ0v) is 29.9. The predicted octanol–water partition coefficient (Wildman–Crippen LogP) is 12.0. The van der Waals surface area contributed by atoms with Crippen molar-refractivity contribution < 1.29 is 0 Å². The number of rotatable bonds is 4. The van der Waals surface area contributed by atoms with E-state index in [4.69, 9.17) is 19.9 Å². The average Bonchev–Trinajstić information content (AvgIpc) is 3.83. The Labute approximate surface area is 309 Å². The van der Waals surface area contributed by atoms with Gasteiger partial charge < -0.3 is 0 Å². The topological polar surface area (TPSA) is 56.5 Å². The lowest BCUT2D eigenvalue weighted by Gasteiger charge is -2.24. The van der Waals surface area contributed by atoms with E-state index in [0.29, 0.717) is 17.5 Å². The van der Waals surface area contributed by atoms with Gasteiger partial charge >= 0.3 is 0 Å². The van der Waals surface area contributed by atoms with Gasteiger partial charge in [-0.15, -0.1) is 11.3 Å². The highest BCUT2D eigenvalue weighted by molar-refractivity contribution is 7.25. The Morgan fingerprint density at radius 2 is 1.23 bits per heavy atom. The quantitative estimate of drug-likeness (QED) is 0.184. The molecular formula is C47H31N5S. The maximum absolute atomic E-state index is 5.27. The number of para-hydroxylation sites is 1. The lowest BCUT2D eigenvalue weighted by Crippen LogP contribution is -2.17. The summed E-state index contributed by atoms with van der Waals surface area (Å²) in [7, 11) is 0. The molecule has 0 N–H and O–H groups in total. The fourth-order valence-corrected chi connectivity index (χ4v) is 9.55. The van der Waals surface area contributed by atoms with Crippen LogP contribution in [-0.4, -0.2) is 24.5 Å². The van der Waals surface area contributed by atoms with Gasteiger partial charge in [-0.05, 0) is 76.9 Å². The Bertz CT molecular complexity index is 3050. The second kappa shape index (κ2) is 11.2. The second-order valence-corrected chi connectivity index (χ2v) is 15.4. The Morgan fingerprint density at radius 3 is 2.11 bits per heavy atom. The highest BCUT2D eigenvalue weighted by Gasteiger charge is 2.38. The third-order valence-corrected chi connectivity index (χ3v) is 12.0. The van der Waals surface area contributed by atoms with Crippen LogP contribution in [-0.2, 0) is 5.41 Å². The molecule has 1 aliphatic rings. The molecule has 0 saturated carbocycles. The van der Waals surface area contributed by atoms with Crippen LogP contribution in [0.1, 0.15) is 25.0 Å². The van der Waals surface area contributed by atoms with Crippen molar-refractivity contribution >= 4 is 53.4 Å². The van der Waals surface area contributed by atoms with E-state index in [1.807, 2.05) is 41.8 Å². The summed E-state index contributed by atoms with van der Waals surface area (Å²) in [5.41, 5.74) is 10.8. The Balaban J connectivity index is 1.09. The first-order valence-electron chi connectivity index (χ1n) is 17.9. The normalized spacial score (nSPS) is 13.2. The van der Waals surface area contributed by atoms with Gasteiger partial charge in [0.25, 0.3) is 0 Å². The number of hydrogen-bond acceptors (Lipinski definition) is 5. The largest absolute Gasteiger partial charge is 0.294 e. The molecule has 1 aliphatic carbocycles. The van der Waals surface area contributed by atoms with E-state index in [9.17, 15) is 0 Å². The van der Waals surface area contributed by atoms with Crippen molar-refractivity contribution in [2.24, 2.45) is 0 Å². The van der Waals surface area contributed by atoms with Crippen LogP contribution in [0.15, 0.2) is 152 Å². The van der Waals surface area contributed by atoms with Gasteiger partial charge in [0.1, 0.15) is 5.65 Å². The van der Waals surface area contributed by atoms with Crippen LogP contribution in [0, 0.1) is 0 Å². The van der Waals surface area contributed by atoms with Gasteiger partial charge in [-0.3, -0.25) is 4.57 Å². The van der Waals surface area contributed by atoms with Gasteiger partial charge in [-0.25, -0.2) is 19.9 Å². The van der Waals surface area contributed by atoms with Crippen LogP contribution < -0.4 is 0 Å². The molecule has 6 aromatic carbocycles. The maximum Gasteiger partial charge on any atom is 0.164 e. The number of aromatic nitrogens is 5. The summed E-state index contributed by atoms with van der Waals surface area (Å²) in [6.07, 6.45) is 1.88. The Kier molecular flexibility index (Phi) is 6.40. The van der Waals surface area contributed by atoms with Gasteiger partial charge in [-0.1, -0.05) is 105 Å². The number of fused-ring (bicyclic) bond motifs is 9. The Hall–Kier alpha value is -6.50. The van der Waals surface area contributed by atoms with E-state index in [1.54, 1.807) is 0 Å². The molecule has 0 amide bonds.